The molecule has 0 unspecified atom stereocenters. The van der Waals surface area contributed by atoms with E-state index in [4.69, 9.17) is 0 Å². The molecule has 4 rings (SSSR count). The van der Waals surface area contributed by atoms with E-state index in [9.17, 15) is 49.6 Å². The highest BCUT2D eigenvalue weighted by Crippen LogP contribution is 2.24. The Morgan fingerprint density at radius 1 is 0.581 bits per heavy atom. The summed E-state index contributed by atoms with van der Waals surface area (Å²) in [5.41, 5.74) is -1.05. The number of anilines is 2. The quantitative estimate of drug-likeness (QED) is 0.205. The Bertz CT molecular complexity index is 1690. The van der Waals surface area contributed by atoms with Crippen LogP contribution >= 0.6 is 0 Å². The zero-order valence-electron chi connectivity index (χ0n) is 21.8. The molecule has 0 radical (unpaired) electrons. The second-order valence-electron chi connectivity index (χ2n) is 9.03. The molecule has 0 saturated heterocycles. The van der Waals surface area contributed by atoms with E-state index in [1.165, 1.54) is 72.8 Å². The maximum Gasteiger partial charge on any atom is 0.270 e. The van der Waals surface area contributed by atoms with Gasteiger partial charge in [0.2, 0.25) is 0 Å². The third kappa shape index (κ3) is 7.01. The summed E-state index contributed by atoms with van der Waals surface area (Å²) in [6.45, 7) is 0. The molecule has 0 aliphatic rings. The topological polar surface area (TPSA) is 225 Å². The Labute approximate surface area is 241 Å². The number of benzene rings is 4. The van der Waals surface area contributed by atoms with Crippen molar-refractivity contribution < 1.29 is 39.2 Å². The minimum atomic E-state index is -1.62. The number of amides is 2. The summed E-state index contributed by atoms with van der Waals surface area (Å²) in [4.78, 5) is 69.5. The van der Waals surface area contributed by atoms with Gasteiger partial charge in [-0.3, -0.25) is 29.8 Å². The van der Waals surface area contributed by atoms with Crippen LogP contribution in [0.25, 0.3) is 0 Å². The van der Waals surface area contributed by atoms with Gasteiger partial charge in [-0.2, -0.15) is 0 Å². The van der Waals surface area contributed by atoms with Gasteiger partial charge in [-0.25, -0.2) is 0 Å². The van der Waals surface area contributed by atoms with Crippen molar-refractivity contribution in [2.75, 3.05) is 10.6 Å². The number of carboxylic acid groups (broad SMARTS) is 2. The molecule has 4 aromatic rings. The standard InChI is InChI=1S/C29H20N4O10/c34-26(18-3-1-5-20(14-18)32(40)41)30-24-9-7-16(12-22(24)28(36)37)11-17-8-10-25(23(13-17)29(38)39)31-27(35)19-4-2-6-21(15-19)33(42)43/h1-10,12-15H,11H2,(H,30,34)(H,31,35)(H,36,37)(H,38,39)/p-2. The van der Waals surface area contributed by atoms with Crippen LogP contribution in [0, 0.1) is 20.2 Å². The van der Waals surface area contributed by atoms with Crippen molar-refractivity contribution >= 4 is 46.5 Å². The third-order valence-electron chi connectivity index (χ3n) is 6.15. The van der Waals surface area contributed by atoms with Crippen LogP contribution in [0.3, 0.4) is 0 Å². The lowest BCUT2D eigenvalue weighted by Gasteiger charge is -2.16. The molecule has 43 heavy (non-hydrogen) atoms. The van der Waals surface area contributed by atoms with E-state index in [1.807, 2.05) is 0 Å². The molecule has 4 aromatic carbocycles. The summed E-state index contributed by atoms with van der Waals surface area (Å²) in [5, 5.41) is 50.4. The van der Waals surface area contributed by atoms with Crippen LogP contribution in [-0.2, 0) is 6.42 Å². The lowest BCUT2D eigenvalue weighted by Crippen LogP contribution is -2.25. The Hall–Kier alpha value is -6.44. The summed E-state index contributed by atoms with van der Waals surface area (Å²) >= 11 is 0. The van der Waals surface area contributed by atoms with Crippen molar-refractivity contribution in [2.24, 2.45) is 0 Å². The number of hydrogen-bond donors (Lipinski definition) is 2. The largest absolute Gasteiger partial charge is 0.545 e. The molecule has 216 valence electrons. The summed E-state index contributed by atoms with van der Waals surface area (Å²) < 4.78 is 0. The first-order valence-corrected chi connectivity index (χ1v) is 12.2. The number of nitro groups is 2. The Balaban J connectivity index is 1.55. The molecule has 2 N–H and O–H groups in total. The van der Waals surface area contributed by atoms with Crippen molar-refractivity contribution in [1.29, 1.82) is 0 Å². The van der Waals surface area contributed by atoms with Crippen LogP contribution in [0.4, 0.5) is 22.7 Å². The van der Waals surface area contributed by atoms with Crippen molar-refractivity contribution in [1.82, 2.24) is 0 Å². The van der Waals surface area contributed by atoms with Crippen LogP contribution in [0.15, 0.2) is 84.9 Å². The van der Waals surface area contributed by atoms with E-state index in [0.717, 1.165) is 12.1 Å². The van der Waals surface area contributed by atoms with E-state index in [0.29, 0.717) is 11.1 Å². The minimum absolute atomic E-state index is 0.0266. The molecule has 14 heteroatoms. The molecule has 0 saturated carbocycles. The molecule has 14 nitrogen and oxygen atoms in total. The molecule has 0 aliphatic heterocycles. The number of nitro benzene ring substituents is 2. The summed E-state index contributed by atoms with van der Waals surface area (Å²) in [7, 11) is 0. The number of carbonyl (C=O) groups is 4. The van der Waals surface area contributed by atoms with Gasteiger partial charge in [0, 0.05) is 46.5 Å². The van der Waals surface area contributed by atoms with Crippen molar-refractivity contribution in [3.63, 3.8) is 0 Å². The van der Waals surface area contributed by atoms with Crippen LogP contribution in [-0.4, -0.2) is 33.6 Å². The summed E-state index contributed by atoms with van der Waals surface area (Å²) in [6.07, 6.45) is 0.0266. The van der Waals surface area contributed by atoms with Gasteiger partial charge in [-0.15, -0.1) is 0 Å². The van der Waals surface area contributed by atoms with E-state index in [-0.39, 0.29) is 40.3 Å². The second-order valence-corrected chi connectivity index (χ2v) is 9.03. The fraction of sp³-hybridized carbons (Fsp3) is 0.0345. The number of carbonyl (C=O) groups excluding carboxylic acids is 4. The van der Waals surface area contributed by atoms with Crippen molar-refractivity contribution in [2.45, 2.75) is 6.42 Å². The second kappa shape index (κ2) is 12.4. The maximum atomic E-state index is 12.6. The fourth-order valence-electron chi connectivity index (χ4n) is 4.10. The fourth-order valence-corrected chi connectivity index (χ4v) is 4.10. The molecule has 2 amide bonds. The lowest BCUT2D eigenvalue weighted by atomic mass is 9.99. The van der Waals surface area contributed by atoms with Gasteiger partial charge < -0.3 is 30.4 Å². The molecule has 0 fully saturated rings. The van der Waals surface area contributed by atoms with Crippen LogP contribution < -0.4 is 20.8 Å². The number of nitrogens with one attached hydrogen (secondary N) is 2. The Morgan fingerprint density at radius 2 is 0.977 bits per heavy atom. The Morgan fingerprint density at radius 3 is 1.33 bits per heavy atom. The predicted octanol–water partition coefficient (Wildman–Crippen LogP) is 2.33. The van der Waals surface area contributed by atoms with E-state index in [2.05, 4.69) is 10.6 Å². The van der Waals surface area contributed by atoms with E-state index < -0.39 is 44.7 Å². The minimum Gasteiger partial charge on any atom is -0.545 e. The average Bonchev–Trinajstić information content (AvgIpc) is 2.98. The summed E-state index contributed by atoms with van der Waals surface area (Å²) in [5.74, 6) is -4.82. The lowest BCUT2D eigenvalue weighted by molar-refractivity contribution is -0.385. The van der Waals surface area contributed by atoms with E-state index in [1.54, 1.807) is 0 Å². The summed E-state index contributed by atoms with van der Waals surface area (Å²) in [6, 6.07) is 17.7. The molecule has 0 heterocycles. The van der Waals surface area contributed by atoms with Gasteiger partial charge in [0.05, 0.1) is 33.2 Å². The van der Waals surface area contributed by atoms with Gasteiger partial charge in [0.1, 0.15) is 0 Å². The zero-order chi connectivity index (χ0) is 31.3. The van der Waals surface area contributed by atoms with E-state index >= 15 is 0 Å². The van der Waals surface area contributed by atoms with Gasteiger partial charge >= 0.3 is 0 Å². The van der Waals surface area contributed by atoms with Gasteiger partial charge in [-0.05, 0) is 53.9 Å². The van der Waals surface area contributed by atoms with Gasteiger partial charge in [0.15, 0.2) is 0 Å². The molecule has 0 spiro atoms. The highest BCUT2D eigenvalue weighted by molar-refractivity contribution is 6.08. The van der Waals surface area contributed by atoms with Crippen LogP contribution in [0.2, 0.25) is 0 Å². The highest BCUT2D eigenvalue weighted by atomic mass is 16.6. The van der Waals surface area contributed by atoms with Crippen molar-refractivity contribution in [3.8, 4) is 0 Å². The first-order valence-electron chi connectivity index (χ1n) is 12.2. The average molecular weight is 582 g/mol. The third-order valence-corrected chi connectivity index (χ3v) is 6.15. The van der Waals surface area contributed by atoms with Gasteiger partial charge in [-0.1, -0.05) is 24.3 Å². The van der Waals surface area contributed by atoms with Crippen LogP contribution in [0.5, 0.6) is 0 Å². The predicted molar refractivity (Wildman–Crippen MR) is 146 cm³/mol. The number of carboxylic acids is 2. The normalized spacial score (nSPS) is 10.4. The number of aromatic carboxylic acids is 2. The number of nitrogens with zero attached hydrogens (tertiary/aromatic N) is 2. The zero-order valence-corrected chi connectivity index (χ0v) is 21.8. The molecule has 0 aromatic heterocycles. The van der Waals surface area contributed by atoms with Crippen LogP contribution in [0.1, 0.15) is 52.6 Å². The molecular formula is C29H18N4O10-2. The number of hydrogen-bond acceptors (Lipinski definition) is 10. The van der Waals surface area contributed by atoms with Gasteiger partial charge in [0.25, 0.3) is 23.2 Å². The smallest absolute Gasteiger partial charge is 0.270 e. The molecule has 0 aliphatic carbocycles. The number of non-ortho nitro benzene ring substituents is 2. The molecule has 0 bridgehead atoms. The highest BCUT2D eigenvalue weighted by Gasteiger charge is 2.16. The van der Waals surface area contributed by atoms with Crippen molar-refractivity contribution in [3.05, 3.63) is 139 Å². The number of rotatable bonds is 10. The maximum absolute atomic E-state index is 12.6. The monoisotopic (exact) mass is 582 g/mol. The SMILES string of the molecule is O=C(Nc1ccc(Cc2ccc(NC(=O)c3cccc([N+](=O)[O-])c3)c(C(=O)[O-])c2)cc1C(=O)[O-])c1cccc([N+](=O)[O-])c1. The first-order chi connectivity index (χ1) is 20.4. The first kappa shape index (κ1) is 29.5. The molecule has 0 atom stereocenters. The molecular weight excluding hydrogens is 564 g/mol. The Kier molecular flexibility index (Phi) is 8.51.